The van der Waals surface area contributed by atoms with Crippen LogP contribution in [-0.4, -0.2) is 23.6 Å². The number of halogens is 2. The molecule has 1 aliphatic heterocycles. The van der Waals surface area contributed by atoms with Gasteiger partial charge in [0.05, 0.1) is 9.50 Å². The predicted molar refractivity (Wildman–Crippen MR) is 75.6 cm³/mol. The topological polar surface area (TPSA) is 42.1 Å². The molecule has 2 N–H and O–H groups in total. The van der Waals surface area contributed by atoms with Crippen LogP contribution in [0.1, 0.15) is 26.2 Å². The molecule has 1 aliphatic rings. The molecule has 0 radical (unpaired) electrons. The van der Waals surface area contributed by atoms with Gasteiger partial charge < -0.3 is 10.6 Å². The van der Waals surface area contributed by atoms with Crippen LogP contribution in [0.4, 0.5) is 5.82 Å². The maximum atomic E-state index is 6.06. The monoisotopic (exact) mass is 317 g/mol. The van der Waals surface area contributed by atoms with Gasteiger partial charge in [0.2, 0.25) is 0 Å². The van der Waals surface area contributed by atoms with Crippen LogP contribution < -0.4 is 10.6 Å². The second-order valence-electron chi connectivity index (χ2n) is 4.57. The van der Waals surface area contributed by atoms with Crippen molar-refractivity contribution in [3.05, 3.63) is 21.8 Å². The fourth-order valence-corrected chi connectivity index (χ4v) is 3.25. The lowest BCUT2D eigenvalue weighted by molar-refractivity contribution is 0.410. The van der Waals surface area contributed by atoms with Gasteiger partial charge in [-0.1, -0.05) is 11.6 Å². The molecule has 2 rings (SSSR count). The molecule has 2 atom stereocenters. The van der Waals surface area contributed by atoms with E-state index >= 15 is 0 Å². The molecule has 0 aliphatic carbocycles. The number of piperidine rings is 1. The van der Waals surface area contributed by atoms with Crippen LogP contribution in [0.15, 0.2) is 16.7 Å². The molecule has 2 heterocycles. The lowest BCUT2D eigenvalue weighted by Gasteiger charge is -2.39. The normalized spacial score (nSPS) is 22.6. The summed E-state index contributed by atoms with van der Waals surface area (Å²) in [6.07, 6.45) is 5.26. The summed E-state index contributed by atoms with van der Waals surface area (Å²) < 4.78 is 0.942. The molecule has 1 fully saturated rings. The van der Waals surface area contributed by atoms with Crippen molar-refractivity contribution in [2.75, 3.05) is 11.4 Å². The first kappa shape index (κ1) is 13.1. The van der Waals surface area contributed by atoms with Crippen LogP contribution in [0.5, 0.6) is 0 Å². The Labute approximate surface area is 115 Å². The molecule has 0 bridgehead atoms. The van der Waals surface area contributed by atoms with Gasteiger partial charge in [0.15, 0.2) is 0 Å². The third-order valence-electron chi connectivity index (χ3n) is 3.22. The average molecular weight is 319 g/mol. The van der Waals surface area contributed by atoms with Crippen LogP contribution in [0.25, 0.3) is 0 Å². The Bertz CT molecular complexity index is 397. The molecule has 1 aromatic rings. The van der Waals surface area contributed by atoms with Gasteiger partial charge in [-0.3, -0.25) is 0 Å². The molecule has 94 valence electrons. The summed E-state index contributed by atoms with van der Waals surface area (Å²) in [5.41, 5.74) is 6.06. The quantitative estimate of drug-likeness (QED) is 0.910. The number of hydrogen-bond donors (Lipinski definition) is 1. The Morgan fingerprint density at radius 1 is 1.59 bits per heavy atom. The van der Waals surface area contributed by atoms with Crippen LogP contribution >= 0.6 is 27.5 Å². The zero-order valence-electron chi connectivity index (χ0n) is 9.87. The molecule has 0 amide bonds. The molecule has 17 heavy (non-hydrogen) atoms. The van der Waals surface area contributed by atoms with Gasteiger partial charge in [0.25, 0.3) is 0 Å². The van der Waals surface area contributed by atoms with E-state index in [2.05, 4.69) is 32.7 Å². The minimum atomic E-state index is 0.152. The van der Waals surface area contributed by atoms with E-state index in [-0.39, 0.29) is 6.04 Å². The van der Waals surface area contributed by atoms with Crippen molar-refractivity contribution in [2.24, 2.45) is 5.73 Å². The van der Waals surface area contributed by atoms with Gasteiger partial charge in [-0.05, 0) is 48.2 Å². The number of nitrogens with zero attached hydrogens (tertiary/aromatic N) is 2. The molecule has 5 heteroatoms. The Balaban J connectivity index is 2.29. The molecule has 1 aromatic heterocycles. The number of aromatic nitrogens is 1. The van der Waals surface area contributed by atoms with Gasteiger partial charge in [-0.25, -0.2) is 4.98 Å². The van der Waals surface area contributed by atoms with Crippen molar-refractivity contribution in [1.29, 1.82) is 0 Å². The number of rotatable bonds is 2. The Morgan fingerprint density at radius 2 is 2.35 bits per heavy atom. The van der Waals surface area contributed by atoms with E-state index in [1.165, 1.54) is 12.8 Å². The minimum Gasteiger partial charge on any atom is -0.351 e. The number of nitrogens with two attached hydrogens (primary N) is 1. The van der Waals surface area contributed by atoms with E-state index < -0.39 is 0 Å². The van der Waals surface area contributed by atoms with Crippen LogP contribution in [0.3, 0.4) is 0 Å². The second kappa shape index (κ2) is 5.55. The van der Waals surface area contributed by atoms with Gasteiger partial charge in [0, 0.05) is 24.8 Å². The maximum Gasteiger partial charge on any atom is 0.143 e. The highest BCUT2D eigenvalue weighted by molar-refractivity contribution is 9.10. The highest BCUT2D eigenvalue weighted by atomic mass is 79.9. The third kappa shape index (κ3) is 2.92. The highest BCUT2D eigenvalue weighted by Gasteiger charge is 2.27. The van der Waals surface area contributed by atoms with Crippen molar-refractivity contribution in [2.45, 2.75) is 38.3 Å². The van der Waals surface area contributed by atoms with Crippen molar-refractivity contribution in [1.82, 2.24) is 4.98 Å². The smallest absolute Gasteiger partial charge is 0.143 e. The van der Waals surface area contributed by atoms with E-state index in [0.717, 1.165) is 23.3 Å². The number of pyridine rings is 1. The first-order valence-electron chi connectivity index (χ1n) is 5.93. The summed E-state index contributed by atoms with van der Waals surface area (Å²) in [4.78, 5) is 6.73. The maximum absolute atomic E-state index is 6.06. The van der Waals surface area contributed by atoms with E-state index in [1.807, 2.05) is 6.07 Å². The largest absolute Gasteiger partial charge is 0.351 e. The third-order valence-corrected chi connectivity index (χ3v) is 4.01. The minimum absolute atomic E-state index is 0.152. The SMILES string of the molecule is CC(N)C1CCCCN1c1ncc(Cl)cc1Br. The molecular formula is C12H17BrClN3. The van der Waals surface area contributed by atoms with Gasteiger partial charge in [-0.15, -0.1) is 0 Å². The van der Waals surface area contributed by atoms with E-state index in [0.29, 0.717) is 11.1 Å². The van der Waals surface area contributed by atoms with E-state index in [9.17, 15) is 0 Å². The van der Waals surface area contributed by atoms with Crippen LogP contribution in [0.2, 0.25) is 5.02 Å². The fourth-order valence-electron chi connectivity index (χ4n) is 2.39. The molecule has 0 saturated carbocycles. The Kier molecular flexibility index (Phi) is 4.28. The van der Waals surface area contributed by atoms with Gasteiger partial charge in [-0.2, -0.15) is 0 Å². The first-order chi connectivity index (χ1) is 8.09. The van der Waals surface area contributed by atoms with Crippen molar-refractivity contribution in [3.8, 4) is 0 Å². The van der Waals surface area contributed by atoms with Crippen LogP contribution in [-0.2, 0) is 0 Å². The highest BCUT2D eigenvalue weighted by Crippen LogP contribution is 2.31. The van der Waals surface area contributed by atoms with Gasteiger partial charge >= 0.3 is 0 Å². The molecule has 0 aromatic carbocycles. The number of anilines is 1. The van der Waals surface area contributed by atoms with Crippen molar-refractivity contribution >= 4 is 33.3 Å². The molecule has 0 spiro atoms. The van der Waals surface area contributed by atoms with Crippen molar-refractivity contribution in [3.63, 3.8) is 0 Å². The number of hydrogen-bond acceptors (Lipinski definition) is 3. The van der Waals surface area contributed by atoms with Crippen LogP contribution in [0, 0.1) is 0 Å². The lowest BCUT2D eigenvalue weighted by atomic mass is 9.97. The standard InChI is InChI=1S/C12H17BrClN3/c1-8(15)11-4-2-3-5-17(11)12-10(13)6-9(14)7-16-12/h6-8,11H,2-5,15H2,1H3. The van der Waals surface area contributed by atoms with Gasteiger partial charge in [0.1, 0.15) is 5.82 Å². The molecular weight excluding hydrogens is 302 g/mol. The zero-order chi connectivity index (χ0) is 12.4. The summed E-state index contributed by atoms with van der Waals surface area (Å²) in [7, 11) is 0. The first-order valence-corrected chi connectivity index (χ1v) is 7.10. The van der Waals surface area contributed by atoms with E-state index in [1.54, 1.807) is 6.20 Å². The Hall–Kier alpha value is -0.320. The Morgan fingerprint density at radius 3 is 3.00 bits per heavy atom. The zero-order valence-corrected chi connectivity index (χ0v) is 12.2. The summed E-state index contributed by atoms with van der Waals surface area (Å²) in [5.74, 6) is 0.955. The summed E-state index contributed by atoms with van der Waals surface area (Å²) in [5, 5.41) is 0.648. The summed E-state index contributed by atoms with van der Waals surface area (Å²) >= 11 is 9.45. The average Bonchev–Trinajstić information content (AvgIpc) is 2.29. The molecule has 1 saturated heterocycles. The van der Waals surface area contributed by atoms with Crippen molar-refractivity contribution < 1.29 is 0 Å². The lowest BCUT2D eigenvalue weighted by Crippen LogP contribution is -2.49. The molecule has 3 nitrogen and oxygen atoms in total. The van der Waals surface area contributed by atoms with E-state index in [4.69, 9.17) is 17.3 Å². The molecule has 2 unspecified atom stereocenters. The summed E-state index contributed by atoms with van der Waals surface area (Å²) in [6, 6.07) is 2.41. The second-order valence-corrected chi connectivity index (χ2v) is 5.87. The summed E-state index contributed by atoms with van der Waals surface area (Å²) in [6.45, 7) is 3.08. The predicted octanol–water partition coefficient (Wildman–Crippen LogP) is 3.20. The fraction of sp³-hybridized carbons (Fsp3) is 0.583.